The van der Waals surface area contributed by atoms with Crippen molar-refractivity contribution in [1.29, 1.82) is 0 Å². The standard InChI is InChI=1S/C6H7N.2C2HF3O2.H2N.Pt/c1-6-3-2-4-7-5-6;2*3-2(4,5)1(6)7;;/h2-5H,1H3;2*(H,6,7);1H2;/q;;;-1;+1. The monoisotopic (exact) mass is 532 g/mol. The number of alkyl halides is 6. The van der Waals surface area contributed by atoms with Crippen LogP contribution in [0.25, 0.3) is 0 Å². The number of rotatable bonds is 0. The molecular weight excluding hydrogens is 521 g/mol. The number of aryl methyl sites for hydroxylation is 1. The number of nitrogens with zero attached hydrogens (tertiary/aromatic N) is 1. The molecule has 13 heteroatoms. The quantitative estimate of drug-likeness (QED) is 0.441. The summed E-state index contributed by atoms with van der Waals surface area (Å²) in [4.78, 5) is 21.7. The molecule has 0 aliphatic heterocycles. The zero-order valence-corrected chi connectivity index (χ0v) is 13.4. The average Bonchev–Trinajstić information content (AvgIpc) is 2.41. The van der Waals surface area contributed by atoms with E-state index in [9.17, 15) is 26.3 Å². The van der Waals surface area contributed by atoms with E-state index in [0.29, 0.717) is 0 Å². The molecule has 0 aliphatic carbocycles. The molecule has 0 bridgehead atoms. The first-order chi connectivity index (χ1) is 10.3. The van der Waals surface area contributed by atoms with Crippen molar-refractivity contribution in [3.05, 3.63) is 30.1 Å². The predicted molar refractivity (Wildman–Crippen MR) is 60.5 cm³/mol. The molecule has 0 radical (unpaired) electrons. The molecule has 0 saturated heterocycles. The van der Waals surface area contributed by atoms with Gasteiger partial charge in [-0.2, -0.15) is 26.3 Å². The van der Waals surface area contributed by atoms with Gasteiger partial charge in [0.1, 0.15) is 0 Å². The van der Waals surface area contributed by atoms with Crippen LogP contribution in [0.15, 0.2) is 24.5 Å². The van der Waals surface area contributed by atoms with Gasteiger partial charge in [0.25, 0.3) is 0 Å². The first kappa shape index (κ1) is 26.2. The molecule has 0 aromatic carbocycles. The zero-order chi connectivity index (χ0) is 19.3. The average molecular weight is 532 g/mol. The van der Waals surface area contributed by atoms with E-state index in [1.807, 2.05) is 25.3 Å². The Hall–Kier alpha value is -1.68. The van der Waals surface area contributed by atoms with Crippen LogP contribution in [0.4, 0.5) is 26.3 Å². The number of aromatic nitrogens is 1. The van der Waals surface area contributed by atoms with Gasteiger partial charge in [-0.25, -0.2) is 9.59 Å². The summed E-state index contributed by atoms with van der Waals surface area (Å²) in [5, 5.41) is 14.2. The van der Waals surface area contributed by atoms with Crippen molar-refractivity contribution in [3.63, 3.8) is 0 Å². The van der Waals surface area contributed by atoms with E-state index in [-0.39, 0.29) is 0 Å². The molecule has 0 fully saturated rings. The summed E-state index contributed by atoms with van der Waals surface area (Å²) >= 11 is 1.64. The Kier molecular flexibility index (Phi) is 14.6. The molecule has 0 atom stereocenters. The van der Waals surface area contributed by atoms with Crippen molar-refractivity contribution in [3.8, 4) is 0 Å². The fourth-order valence-corrected chi connectivity index (χ4v) is 0.448. The van der Waals surface area contributed by atoms with Gasteiger partial charge in [-0.1, -0.05) is 6.07 Å². The number of carbonyl (C=O) groups is 2. The van der Waals surface area contributed by atoms with Gasteiger partial charge in [-0.15, -0.1) is 0 Å². The number of nitrogens with two attached hydrogens (primary N) is 1. The molecule has 0 unspecified atom stereocenters. The van der Waals surface area contributed by atoms with Crippen LogP contribution in [0.1, 0.15) is 5.56 Å². The van der Waals surface area contributed by atoms with Crippen LogP contribution in [0.3, 0.4) is 0 Å². The molecule has 23 heavy (non-hydrogen) atoms. The maximum atomic E-state index is 10.6. The summed E-state index contributed by atoms with van der Waals surface area (Å²) < 4.78 is 67.9. The molecule has 1 aromatic heterocycles. The molecule has 1 aromatic rings. The van der Waals surface area contributed by atoms with Gasteiger partial charge < -0.3 is 10.2 Å². The molecule has 0 amide bonds. The topological polar surface area (TPSA) is 114 Å². The Morgan fingerprint density at radius 1 is 1.04 bits per heavy atom. The van der Waals surface area contributed by atoms with Gasteiger partial charge in [-0.3, -0.25) is 4.98 Å². The summed E-state index contributed by atoms with van der Waals surface area (Å²) in [6, 6.07) is 3.95. The Bertz CT molecular complexity index is 429. The summed E-state index contributed by atoms with van der Waals surface area (Å²) in [6.07, 6.45) is -6.56. The number of pyridine rings is 1. The summed E-state index contributed by atoms with van der Waals surface area (Å²) in [6.45, 7) is 2.02. The van der Waals surface area contributed by atoms with Crippen molar-refractivity contribution in [2.75, 3.05) is 0 Å². The van der Waals surface area contributed by atoms with E-state index < -0.39 is 24.3 Å². The van der Waals surface area contributed by atoms with Gasteiger partial charge in [0.15, 0.2) is 0 Å². The number of hydrogen-bond donors (Lipinski definition) is 3. The van der Waals surface area contributed by atoms with Gasteiger partial charge in [0, 0.05) is 12.4 Å². The second-order valence-corrected chi connectivity index (χ2v) is 3.14. The maximum absolute atomic E-state index is 10.6. The predicted octanol–water partition coefficient (Wildman–Crippen LogP) is 2.06. The van der Waals surface area contributed by atoms with Crippen LogP contribution in [-0.4, -0.2) is 39.5 Å². The zero-order valence-electron chi connectivity index (χ0n) is 11.1. The van der Waals surface area contributed by atoms with Crippen LogP contribution in [0.2, 0.25) is 0 Å². The van der Waals surface area contributed by atoms with Crippen molar-refractivity contribution in [1.82, 2.24) is 4.98 Å². The number of carboxylic acid groups (broad SMARTS) is 2. The van der Waals surface area contributed by atoms with Crippen LogP contribution in [-0.2, 0) is 29.7 Å². The molecule has 137 valence electrons. The normalized spacial score (nSPS) is 9.83. The third-order valence-electron chi connectivity index (χ3n) is 1.29. The molecule has 0 aliphatic rings. The van der Waals surface area contributed by atoms with Gasteiger partial charge >= 0.3 is 48.6 Å². The molecule has 4 N–H and O–H groups in total. The second kappa shape index (κ2) is 12.8. The number of carboxylic acids is 2. The molecule has 1 rings (SSSR count). The van der Waals surface area contributed by atoms with E-state index in [2.05, 4.69) is 9.28 Å². The Labute approximate surface area is 137 Å². The van der Waals surface area contributed by atoms with Crippen molar-refractivity contribution < 1.29 is 66.2 Å². The van der Waals surface area contributed by atoms with Gasteiger partial charge in [-0.05, 0) is 18.6 Å². The number of aliphatic carboxylic acids is 2. The second-order valence-electron chi connectivity index (χ2n) is 3.14. The van der Waals surface area contributed by atoms with Gasteiger partial charge in [0.2, 0.25) is 0 Å². The SMILES string of the molecule is Cc1cccnc1.O=C(O)C(F)(F)F.O=C(O)C(F)(F)F.[NH2][Pt]. The van der Waals surface area contributed by atoms with E-state index in [1.54, 1.807) is 26.3 Å². The van der Waals surface area contributed by atoms with Crippen LogP contribution in [0, 0.1) is 6.92 Å². The molecular formula is C10H11F6N2O4Pt. The molecule has 6 nitrogen and oxygen atoms in total. The molecule has 0 saturated carbocycles. The third-order valence-corrected chi connectivity index (χ3v) is 1.29. The van der Waals surface area contributed by atoms with Crippen LogP contribution < -0.4 is 4.29 Å². The van der Waals surface area contributed by atoms with E-state index in [1.165, 1.54) is 5.56 Å². The number of hydrogen-bond acceptors (Lipinski definition) is 4. The minimum atomic E-state index is -5.08. The first-order valence-electron chi connectivity index (χ1n) is 4.93. The Morgan fingerprint density at radius 3 is 1.43 bits per heavy atom. The van der Waals surface area contributed by atoms with Crippen LogP contribution >= 0.6 is 0 Å². The summed E-state index contributed by atoms with van der Waals surface area (Å²) in [7, 11) is 0. The fraction of sp³-hybridized carbons (Fsp3) is 0.300. The molecule has 1 heterocycles. The van der Waals surface area contributed by atoms with Gasteiger partial charge in [0.05, 0.1) is 0 Å². The van der Waals surface area contributed by atoms with Crippen LogP contribution in [0.5, 0.6) is 0 Å². The summed E-state index contributed by atoms with van der Waals surface area (Å²) in [5.74, 6) is -5.51. The van der Waals surface area contributed by atoms with E-state index in [4.69, 9.17) is 19.8 Å². The Morgan fingerprint density at radius 2 is 1.35 bits per heavy atom. The van der Waals surface area contributed by atoms with Crippen molar-refractivity contribution in [2.45, 2.75) is 19.3 Å². The van der Waals surface area contributed by atoms with E-state index >= 15 is 0 Å². The molecule has 0 spiro atoms. The Balaban J connectivity index is -0.000000247. The number of halogens is 6. The van der Waals surface area contributed by atoms with Crippen molar-refractivity contribution >= 4 is 11.9 Å². The van der Waals surface area contributed by atoms with Crippen molar-refractivity contribution in [2.24, 2.45) is 4.29 Å². The van der Waals surface area contributed by atoms with E-state index in [0.717, 1.165) is 0 Å². The third kappa shape index (κ3) is 20.3. The minimum absolute atomic E-state index is 1.21. The fourth-order valence-electron chi connectivity index (χ4n) is 0.448. The summed E-state index contributed by atoms with van der Waals surface area (Å²) in [5.41, 5.74) is 1.21. The first-order valence-corrected chi connectivity index (χ1v) is 6.24.